The number of carbonyl (C=O) groups is 2. The Bertz CT molecular complexity index is 1570. The smallest absolute Gasteiger partial charge is 0.296 e. The minimum Gasteiger partial charge on any atom is -0.503 e. The number of anilines is 1. The first kappa shape index (κ1) is 26.3. The van der Waals surface area contributed by atoms with Gasteiger partial charge in [0, 0.05) is 5.75 Å². The fraction of sp³-hybridized carbons (Fsp3) is 0.103. The Kier molecular flexibility index (Phi) is 7.85. The number of amides is 1. The zero-order valence-corrected chi connectivity index (χ0v) is 22.3. The molecule has 1 aromatic heterocycles. The normalized spacial score (nSPS) is 15.4. The molecular formula is C29H22FN3O4S2. The van der Waals surface area contributed by atoms with E-state index < -0.39 is 23.5 Å². The summed E-state index contributed by atoms with van der Waals surface area (Å²) in [6.45, 7) is 0. The van der Waals surface area contributed by atoms with Gasteiger partial charge in [-0.25, -0.2) is 4.39 Å². The van der Waals surface area contributed by atoms with Gasteiger partial charge in [0.1, 0.15) is 11.6 Å². The number of ether oxygens (including phenoxy) is 1. The number of hydrogen-bond donors (Lipinski definition) is 1. The zero-order valence-electron chi connectivity index (χ0n) is 20.7. The summed E-state index contributed by atoms with van der Waals surface area (Å²) in [5, 5.41) is 19.4. The fourth-order valence-electron chi connectivity index (χ4n) is 4.09. The molecule has 4 aromatic rings. The Morgan fingerprint density at radius 2 is 1.79 bits per heavy atom. The van der Waals surface area contributed by atoms with Crippen molar-refractivity contribution in [2.24, 2.45) is 0 Å². The molecule has 196 valence electrons. The highest BCUT2D eigenvalue weighted by atomic mass is 32.2. The van der Waals surface area contributed by atoms with Crippen molar-refractivity contribution in [3.63, 3.8) is 0 Å². The third kappa shape index (κ3) is 5.62. The number of aliphatic hydroxyl groups is 1. The summed E-state index contributed by atoms with van der Waals surface area (Å²) < 4.78 is 19.8. The van der Waals surface area contributed by atoms with Crippen LogP contribution in [0.5, 0.6) is 5.75 Å². The molecular weight excluding hydrogens is 537 g/mol. The molecule has 0 fully saturated rings. The van der Waals surface area contributed by atoms with Crippen LogP contribution in [0.25, 0.3) is 6.08 Å². The van der Waals surface area contributed by atoms with E-state index >= 15 is 0 Å². The number of aliphatic hydroxyl groups excluding tert-OH is 1. The summed E-state index contributed by atoms with van der Waals surface area (Å²) in [4.78, 5) is 28.0. The van der Waals surface area contributed by atoms with E-state index in [0.717, 1.165) is 16.9 Å². The Morgan fingerprint density at radius 1 is 1.08 bits per heavy atom. The molecule has 0 saturated carbocycles. The van der Waals surface area contributed by atoms with Gasteiger partial charge in [0.15, 0.2) is 15.9 Å². The van der Waals surface area contributed by atoms with Crippen molar-refractivity contribution in [2.75, 3.05) is 12.0 Å². The standard InChI is InChI=1S/C29H22FN3O4S2/c1-37-21-14-12-19(13-15-21)25-24(23(34)16-11-18-7-3-2-4-8-18)26(35)27(36)33(25)28-31-32-29(39-28)38-17-20-9-5-6-10-22(20)30/h2-16,25,35H,17H2,1H3. The van der Waals surface area contributed by atoms with Gasteiger partial charge in [-0.15, -0.1) is 10.2 Å². The second kappa shape index (κ2) is 11.6. The quantitative estimate of drug-likeness (QED) is 0.149. The van der Waals surface area contributed by atoms with Crippen LogP contribution in [0, 0.1) is 5.82 Å². The number of methoxy groups -OCH3 is 1. The van der Waals surface area contributed by atoms with Crippen molar-refractivity contribution in [3.8, 4) is 5.75 Å². The Hall–Kier alpha value is -4.28. The van der Waals surface area contributed by atoms with E-state index in [4.69, 9.17) is 4.74 Å². The summed E-state index contributed by atoms with van der Waals surface area (Å²) >= 11 is 2.40. The molecule has 2 heterocycles. The van der Waals surface area contributed by atoms with Gasteiger partial charge < -0.3 is 9.84 Å². The van der Waals surface area contributed by atoms with Crippen molar-refractivity contribution in [1.29, 1.82) is 0 Å². The number of aromatic nitrogens is 2. The predicted molar refractivity (Wildman–Crippen MR) is 149 cm³/mol. The Labute approximate surface area is 232 Å². The summed E-state index contributed by atoms with van der Waals surface area (Å²) in [5.74, 6) is -1.29. The number of benzene rings is 3. The van der Waals surface area contributed by atoms with E-state index in [9.17, 15) is 19.1 Å². The van der Waals surface area contributed by atoms with Crippen LogP contribution < -0.4 is 9.64 Å². The second-order valence-corrected chi connectivity index (χ2v) is 10.6. The average molecular weight is 560 g/mol. The molecule has 1 aliphatic heterocycles. The van der Waals surface area contributed by atoms with Crippen LogP contribution in [0.15, 0.2) is 101 Å². The third-order valence-electron chi connectivity index (χ3n) is 6.04. The van der Waals surface area contributed by atoms with Gasteiger partial charge >= 0.3 is 0 Å². The van der Waals surface area contributed by atoms with E-state index in [2.05, 4.69) is 10.2 Å². The molecule has 0 saturated heterocycles. The molecule has 0 radical (unpaired) electrons. The summed E-state index contributed by atoms with van der Waals surface area (Å²) in [5.41, 5.74) is 1.84. The third-order valence-corrected chi connectivity index (χ3v) is 8.15. The van der Waals surface area contributed by atoms with E-state index in [-0.39, 0.29) is 16.5 Å². The van der Waals surface area contributed by atoms with Gasteiger partial charge in [-0.05, 0) is 41.0 Å². The number of nitrogens with zero attached hydrogens (tertiary/aromatic N) is 3. The Morgan fingerprint density at radius 3 is 2.51 bits per heavy atom. The number of carbonyl (C=O) groups excluding carboxylic acids is 2. The van der Waals surface area contributed by atoms with Gasteiger partial charge in [0.25, 0.3) is 5.91 Å². The molecule has 1 N–H and O–H groups in total. The largest absolute Gasteiger partial charge is 0.503 e. The number of halogens is 1. The van der Waals surface area contributed by atoms with Crippen LogP contribution >= 0.6 is 23.1 Å². The average Bonchev–Trinajstić information content (AvgIpc) is 3.53. The topological polar surface area (TPSA) is 92.6 Å². The first-order valence-electron chi connectivity index (χ1n) is 11.8. The van der Waals surface area contributed by atoms with E-state index in [0.29, 0.717) is 27.0 Å². The lowest BCUT2D eigenvalue weighted by Gasteiger charge is -2.23. The molecule has 7 nitrogen and oxygen atoms in total. The van der Waals surface area contributed by atoms with Crippen molar-refractivity contribution in [3.05, 3.63) is 119 Å². The van der Waals surface area contributed by atoms with Gasteiger partial charge in [-0.2, -0.15) is 0 Å². The maximum absolute atomic E-state index is 14.0. The van der Waals surface area contributed by atoms with Crippen LogP contribution in [0.2, 0.25) is 0 Å². The molecule has 5 rings (SSSR count). The first-order chi connectivity index (χ1) is 19.0. The van der Waals surface area contributed by atoms with E-state index in [1.54, 1.807) is 48.5 Å². The lowest BCUT2D eigenvalue weighted by atomic mass is 9.95. The maximum Gasteiger partial charge on any atom is 0.296 e. The molecule has 0 spiro atoms. The van der Waals surface area contributed by atoms with Gasteiger partial charge in [0.05, 0.1) is 18.7 Å². The van der Waals surface area contributed by atoms with Crippen molar-refractivity contribution >= 4 is 46.0 Å². The molecule has 10 heteroatoms. The maximum atomic E-state index is 14.0. The van der Waals surface area contributed by atoms with Crippen molar-refractivity contribution in [1.82, 2.24) is 10.2 Å². The highest BCUT2D eigenvalue weighted by molar-refractivity contribution is 8.00. The molecule has 1 aliphatic rings. The number of thioether (sulfide) groups is 1. The Balaban J connectivity index is 1.47. The number of rotatable bonds is 9. The zero-order chi connectivity index (χ0) is 27.4. The van der Waals surface area contributed by atoms with Gasteiger partial charge in [-0.1, -0.05) is 89.8 Å². The van der Waals surface area contributed by atoms with Gasteiger partial charge in [0.2, 0.25) is 5.13 Å². The van der Waals surface area contributed by atoms with Crippen LogP contribution in [-0.4, -0.2) is 34.1 Å². The second-order valence-electron chi connectivity index (χ2n) is 8.45. The minimum absolute atomic E-state index is 0.0619. The predicted octanol–water partition coefficient (Wildman–Crippen LogP) is 6.16. The van der Waals surface area contributed by atoms with Gasteiger partial charge in [-0.3, -0.25) is 14.5 Å². The summed E-state index contributed by atoms with van der Waals surface area (Å²) in [7, 11) is 1.54. The monoisotopic (exact) mass is 559 g/mol. The first-order valence-corrected chi connectivity index (χ1v) is 13.6. The van der Waals surface area contributed by atoms with E-state index in [1.807, 2.05) is 30.3 Å². The molecule has 1 unspecified atom stereocenters. The van der Waals surface area contributed by atoms with Crippen molar-refractivity contribution in [2.45, 2.75) is 16.1 Å². The number of allylic oxidation sites excluding steroid dienone is 1. The lowest BCUT2D eigenvalue weighted by molar-refractivity contribution is -0.117. The molecule has 1 amide bonds. The van der Waals surface area contributed by atoms with Crippen LogP contribution in [0.1, 0.15) is 22.7 Å². The van der Waals surface area contributed by atoms with E-state index in [1.165, 1.54) is 35.9 Å². The molecule has 3 aromatic carbocycles. The molecule has 0 aliphatic carbocycles. The van der Waals surface area contributed by atoms with Crippen LogP contribution in [0.4, 0.5) is 9.52 Å². The SMILES string of the molecule is COc1ccc(C2C(C(=O)C=Cc3ccccc3)=C(O)C(=O)N2c2nnc(SCc3ccccc3F)s2)cc1. The van der Waals surface area contributed by atoms with Crippen LogP contribution in [0.3, 0.4) is 0 Å². The molecule has 0 bridgehead atoms. The highest BCUT2D eigenvalue weighted by Crippen LogP contribution is 2.43. The lowest BCUT2D eigenvalue weighted by Crippen LogP contribution is -2.30. The molecule has 39 heavy (non-hydrogen) atoms. The van der Waals surface area contributed by atoms with Crippen molar-refractivity contribution < 1.29 is 23.8 Å². The minimum atomic E-state index is -0.936. The summed E-state index contributed by atoms with van der Waals surface area (Å²) in [6, 6.07) is 21.6. The number of ketones is 1. The fourth-order valence-corrected chi connectivity index (χ4v) is 5.95. The number of hydrogen-bond acceptors (Lipinski definition) is 8. The van der Waals surface area contributed by atoms with Crippen LogP contribution in [-0.2, 0) is 15.3 Å². The summed E-state index contributed by atoms with van der Waals surface area (Å²) in [6.07, 6.45) is 2.97. The highest BCUT2D eigenvalue weighted by Gasteiger charge is 2.45. The molecule has 1 atom stereocenters.